The molecular formula is C10H14N4O. The fraction of sp³-hybridized carbons (Fsp3) is 0.500. The van der Waals surface area contributed by atoms with E-state index in [1.807, 2.05) is 20.8 Å². The molecule has 80 valence electrons. The summed E-state index contributed by atoms with van der Waals surface area (Å²) in [5, 5.41) is 22.5. The molecule has 5 nitrogen and oxygen atoms in total. The number of fused-ring (bicyclic) bond motifs is 1. The maximum absolute atomic E-state index is 9.28. The molecule has 0 fully saturated rings. The van der Waals surface area contributed by atoms with Gasteiger partial charge >= 0.3 is 0 Å². The maximum Gasteiger partial charge on any atom is 0.186 e. The Hall–Kier alpha value is -1.49. The van der Waals surface area contributed by atoms with Gasteiger partial charge in [0.1, 0.15) is 0 Å². The Morgan fingerprint density at radius 3 is 2.67 bits per heavy atom. The first kappa shape index (κ1) is 10.0. The van der Waals surface area contributed by atoms with Crippen LogP contribution in [0.2, 0.25) is 0 Å². The average Bonchev–Trinajstić information content (AvgIpc) is 2.70. The molecule has 2 aromatic heterocycles. The molecule has 0 aliphatic heterocycles. The Kier molecular flexibility index (Phi) is 2.01. The third kappa shape index (κ3) is 1.31. The van der Waals surface area contributed by atoms with Crippen LogP contribution in [0.3, 0.4) is 0 Å². The predicted molar refractivity (Wildman–Crippen MR) is 56.4 cm³/mol. The van der Waals surface area contributed by atoms with Crippen LogP contribution in [0.4, 0.5) is 0 Å². The minimum atomic E-state index is -0.445. The van der Waals surface area contributed by atoms with Crippen LogP contribution in [0, 0.1) is 6.92 Å². The fourth-order valence-corrected chi connectivity index (χ4v) is 1.43. The van der Waals surface area contributed by atoms with E-state index in [4.69, 9.17) is 0 Å². The molecule has 2 rings (SSSR count). The highest BCUT2D eigenvalue weighted by Gasteiger charge is 2.27. The number of hydrogen-bond donors (Lipinski definition) is 1. The quantitative estimate of drug-likeness (QED) is 0.741. The van der Waals surface area contributed by atoms with Crippen molar-refractivity contribution in [3.05, 3.63) is 16.7 Å². The minimum absolute atomic E-state index is 0.00613. The molecule has 0 spiro atoms. The SMILES string of the molecule is C=c1c(C)nn2c(C(C)(C)CO)nnc12. The first-order valence-corrected chi connectivity index (χ1v) is 4.79. The Balaban J connectivity index is 2.74. The molecule has 1 N–H and O–H groups in total. The zero-order valence-corrected chi connectivity index (χ0v) is 9.15. The molecule has 5 heteroatoms. The van der Waals surface area contributed by atoms with Crippen LogP contribution < -0.4 is 5.22 Å². The van der Waals surface area contributed by atoms with E-state index in [2.05, 4.69) is 21.9 Å². The van der Waals surface area contributed by atoms with E-state index in [-0.39, 0.29) is 6.61 Å². The highest BCUT2D eigenvalue weighted by atomic mass is 16.3. The van der Waals surface area contributed by atoms with Gasteiger partial charge in [-0.15, -0.1) is 10.2 Å². The van der Waals surface area contributed by atoms with Crippen molar-refractivity contribution in [3.63, 3.8) is 0 Å². The third-order valence-electron chi connectivity index (χ3n) is 2.60. The van der Waals surface area contributed by atoms with E-state index >= 15 is 0 Å². The molecule has 15 heavy (non-hydrogen) atoms. The summed E-state index contributed by atoms with van der Waals surface area (Å²) in [6.45, 7) is 9.57. The smallest absolute Gasteiger partial charge is 0.186 e. The van der Waals surface area contributed by atoms with Gasteiger partial charge in [0.15, 0.2) is 11.5 Å². The van der Waals surface area contributed by atoms with Crippen LogP contribution in [-0.4, -0.2) is 31.5 Å². The van der Waals surface area contributed by atoms with Gasteiger partial charge < -0.3 is 5.11 Å². The van der Waals surface area contributed by atoms with Crippen LogP contribution in [0.15, 0.2) is 0 Å². The summed E-state index contributed by atoms with van der Waals surface area (Å²) in [6.07, 6.45) is 0. The van der Waals surface area contributed by atoms with Crippen molar-refractivity contribution >= 4 is 12.2 Å². The number of aromatic nitrogens is 4. The molecule has 0 amide bonds. The number of aliphatic hydroxyl groups is 1. The van der Waals surface area contributed by atoms with Gasteiger partial charge in [-0.2, -0.15) is 9.61 Å². The van der Waals surface area contributed by atoms with Crippen LogP contribution in [-0.2, 0) is 5.41 Å². The largest absolute Gasteiger partial charge is 0.395 e. The van der Waals surface area contributed by atoms with Gasteiger partial charge in [-0.3, -0.25) is 0 Å². The van der Waals surface area contributed by atoms with Crippen molar-refractivity contribution in [1.82, 2.24) is 19.8 Å². The van der Waals surface area contributed by atoms with Gasteiger partial charge in [0.05, 0.1) is 12.3 Å². The summed E-state index contributed by atoms with van der Waals surface area (Å²) < 4.78 is 1.66. The summed E-state index contributed by atoms with van der Waals surface area (Å²) in [5.74, 6) is 0.665. The van der Waals surface area contributed by atoms with Gasteiger partial charge in [0.2, 0.25) is 0 Å². The standard InChI is InChI=1S/C10H14N4O/c1-6-7(2)13-14-8(6)11-12-9(14)10(3,4)5-15/h15H,1,5H2,2-4H3. The van der Waals surface area contributed by atoms with Crippen molar-refractivity contribution < 1.29 is 5.11 Å². The zero-order chi connectivity index (χ0) is 11.2. The summed E-state index contributed by atoms with van der Waals surface area (Å²) in [6, 6.07) is 0. The molecule has 0 saturated heterocycles. The number of nitrogens with zero attached hydrogens (tertiary/aromatic N) is 4. The summed E-state index contributed by atoms with van der Waals surface area (Å²) >= 11 is 0. The van der Waals surface area contributed by atoms with E-state index in [0.717, 1.165) is 10.9 Å². The van der Waals surface area contributed by atoms with E-state index in [1.165, 1.54) is 0 Å². The monoisotopic (exact) mass is 206 g/mol. The van der Waals surface area contributed by atoms with Crippen molar-refractivity contribution in [3.8, 4) is 0 Å². The Morgan fingerprint density at radius 2 is 2.07 bits per heavy atom. The molecule has 0 unspecified atom stereocenters. The molecule has 0 atom stereocenters. The molecule has 0 bridgehead atoms. The highest BCUT2D eigenvalue weighted by molar-refractivity contribution is 5.43. The average molecular weight is 206 g/mol. The molecule has 2 aromatic rings. The van der Waals surface area contributed by atoms with Gasteiger partial charge in [0, 0.05) is 10.6 Å². The van der Waals surface area contributed by atoms with Crippen LogP contribution in [0.5, 0.6) is 0 Å². The number of rotatable bonds is 2. The first-order valence-electron chi connectivity index (χ1n) is 4.79. The van der Waals surface area contributed by atoms with Crippen LogP contribution >= 0.6 is 0 Å². The van der Waals surface area contributed by atoms with Crippen LogP contribution in [0.1, 0.15) is 25.4 Å². The van der Waals surface area contributed by atoms with E-state index in [0.29, 0.717) is 11.5 Å². The lowest BCUT2D eigenvalue weighted by atomic mass is 9.94. The maximum atomic E-state index is 9.28. The lowest BCUT2D eigenvalue weighted by Gasteiger charge is -2.17. The number of aliphatic hydroxyl groups excluding tert-OH is 1. The Bertz CT molecular complexity index is 543. The van der Waals surface area contributed by atoms with E-state index in [1.54, 1.807) is 4.52 Å². The van der Waals surface area contributed by atoms with Gasteiger partial charge in [-0.25, -0.2) is 0 Å². The molecule has 0 aliphatic rings. The van der Waals surface area contributed by atoms with Gasteiger partial charge in [0.25, 0.3) is 0 Å². The summed E-state index contributed by atoms with van der Waals surface area (Å²) in [5.41, 5.74) is 1.07. The molecule has 2 heterocycles. The van der Waals surface area contributed by atoms with Crippen LogP contribution in [0.25, 0.3) is 12.2 Å². The lowest BCUT2D eigenvalue weighted by Crippen LogP contribution is -2.25. The van der Waals surface area contributed by atoms with Gasteiger partial charge in [-0.1, -0.05) is 20.4 Å². The van der Waals surface area contributed by atoms with E-state index < -0.39 is 5.41 Å². The fourth-order valence-electron chi connectivity index (χ4n) is 1.43. The minimum Gasteiger partial charge on any atom is -0.395 e. The normalized spacial score (nSPS) is 12.5. The molecular weight excluding hydrogens is 192 g/mol. The molecule has 0 aliphatic carbocycles. The lowest BCUT2D eigenvalue weighted by molar-refractivity contribution is 0.210. The third-order valence-corrected chi connectivity index (χ3v) is 2.60. The molecule has 0 aromatic carbocycles. The number of aryl methyl sites for hydroxylation is 1. The van der Waals surface area contributed by atoms with Crippen molar-refractivity contribution in [2.24, 2.45) is 0 Å². The Labute approximate surface area is 87.4 Å². The Morgan fingerprint density at radius 1 is 1.40 bits per heavy atom. The van der Waals surface area contributed by atoms with Crippen molar-refractivity contribution in [2.45, 2.75) is 26.2 Å². The van der Waals surface area contributed by atoms with E-state index in [9.17, 15) is 5.11 Å². The second-order valence-corrected chi connectivity index (χ2v) is 4.36. The number of hydrogen-bond acceptors (Lipinski definition) is 4. The van der Waals surface area contributed by atoms with Gasteiger partial charge in [-0.05, 0) is 6.92 Å². The molecule has 0 radical (unpaired) electrons. The van der Waals surface area contributed by atoms with Crippen molar-refractivity contribution in [2.75, 3.05) is 6.61 Å². The summed E-state index contributed by atoms with van der Waals surface area (Å²) in [7, 11) is 0. The second kappa shape index (κ2) is 3.00. The predicted octanol–water partition coefficient (Wildman–Crippen LogP) is -0.168. The second-order valence-electron chi connectivity index (χ2n) is 4.36. The first-order chi connectivity index (χ1) is 6.97. The van der Waals surface area contributed by atoms with Crippen molar-refractivity contribution in [1.29, 1.82) is 0 Å². The topological polar surface area (TPSA) is 63.3 Å². The summed E-state index contributed by atoms with van der Waals surface area (Å²) in [4.78, 5) is 0. The zero-order valence-electron chi connectivity index (χ0n) is 9.15. The highest BCUT2D eigenvalue weighted by Crippen LogP contribution is 2.19. The molecule has 0 saturated carbocycles.